The summed E-state index contributed by atoms with van der Waals surface area (Å²) < 4.78 is 5.38. The lowest BCUT2D eigenvalue weighted by molar-refractivity contribution is -0.00138. The molecule has 1 fully saturated rings. The summed E-state index contributed by atoms with van der Waals surface area (Å²) in [6, 6.07) is 10.0. The monoisotopic (exact) mass is 219 g/mol. The number of nitrogens with one attached hydrogen (secondary N) is 1. The summed E-state index contributed by atoms with van der Waals surface area (Å²) in [6.07, 6.45) is 0.114. The van der Waals surface area contributed by atoms with E-state index in [0.717, 1.165) is 5.69 Å². The number of morpholine rings is 1. The maximum atomic E-state index is 11.9. The second-order valence-corrected chi connectivity index (χ2v) is 3.85. The van der Waals surface area contributed by atoms with E-state index in [1.54, 1.807) is 17.0 Å². The maximum absolute atomic E-state index is 11.9. The first-order valence-corrected chi connectivity index (χ1v) is 5.39. The molecule has 1 heterocycles. The van der Waals surface area contributed by atoms with E-state index < -0.39 is 0 Å². The fourth-order valence-corrected chi connectivity index (χ4v) is 1.68. The van der Waals surface area contributed by atoms with Gasteiger partial charge < -0.3 is 15.0 Å². The van der Waals surface area contributed by atoms with Crippen LogP contribution in [0.3, 0.4) is 0 Å². The number of amides is 2. The van der Waals surface area contributed by atoms with Crippen molar-refractivity contribution in [1.82, 2.24) is 4.90 Å². The number of benzene rings is 1. The molecule has 1 N–H and O–H groups in total. The first-order valence-electron chi connectivity index (χ1n) is 5.39. The molecule has 2 amide bonds. The van der Waals surface area contributed by atoms with Crippen molar-refractivity contribution in [2.24, 2.45) is 0 Å². The van der Waals surface area contributed by atoms with Crippen molar-refractivity contribution in [3.63, 3.8) is 0 Å². The van der Waals surface area contributed by atoms with Crippen molar-refractivity contribution in [2.45, 2.75) is 13.0 Å². The van der Waals surface area contributed by atoms with Crippen LogP contribution in [0.2, 0.25) is 0 Å². The van der Waals surface area contributed by atoms with E-state index in [1.807, 2.05) is 19.1 Å². The van der Waals surface area contributed by atoms with E-state index in [0.29, 0.717) is 19.7 Å². The van der Waals surface area contributed by atoms with Crippen molar-refractivity contribution in [3.05, 3.63) is 30.3 Å². The maximum Gasteiger partial charge on any atom is 0.322 e. The van der Waals surface area contributed by atoms with Crippen LogP contribution in [0.1, 0.15) is 6.92 Å². The molecule has 0 spiro atoms. The van der Waals surface area contributed by atoms with Gasteiger partial charge in [0.05, 0.1) is 12.7 Å². The first-order chi connectivity index (χ1) is 7.75. The van der Waals surface area contributed by atoms with Crippen molar-refractivity contribution in [1.29, 1.82) is 0 Å². The lowest BCUT2D eigenvalue weighted by atomic mass is 10.3. The molecule has 1 saturated heterocycles. The Morgan fingerprint density at radius 3 is 3.00 bits per heavy atom. The van der Waals surface area contributed by atoms with Crippen molar-refractivity contribution in [2.75, 3.05) is 25.0 Å². The average molecular weight is 219 g/mol. The van der Waals surface area contributed by atoms with E-state index in [2.05, 4.69) is 11.4 Å². The smallest absolute Gasteiger partial charge is 0.322 e. The average Bonchev–Trinajstić information content (AvgIpc) is 2.30. The molecule has 1 aromatic carbocycles. The Bertz CT molecular complexity index is 353. The van der Waals surface area contributed by atoms with E-state index in [4.69, 9.17) is 4.74 Å². The van der Waals surface area contributed by atoms with Gasteiger partial charge in [0.15, 0.2) is 0 Å². The fraction of sp³-hybridized carbons (Fsp3) is 0.417. The van der Waals surface area contributed by atoms with Crippen LogP contribution in [0.4, 0.5) is 10.5 Å². The van der Waals surface area contributed by atoms with Gasteiger partial charge in [-0.25, -0.2) is 4.79 Å². The standard InChI is InChI=1S/C12H15N2O2/c1-10-9-14(7-8-16-10)12(15)13-11-5-3-2-4-6-11/h3-6,10H,7-9H2,1H3,(H,13,15). The van der Waals surface area contributed by atoms with Crippen LogP contribution < -0.4 is 5.32 Å². The Morgan fingerprint density at radius 2 is 2.31 bits per heavy atom. The second kappa shape index (κ2) is 4.99. The highest BCUT2D eigenvalue weighted by atomic mass is 16.5. The Morgan fingerprint density at radius 1 is 1.56 bits per heavy atom. The van der Waals surface area contributed by atoms with Gasteiger partial charge in [-0.3, -0.25) is 0 Å². The molecule has 1 aliphatic heterocycles. The molecule has 85 valence electrons. The number of rotatable bonds is 1. The van der Waals surface area contributed by atoms with Gasteiger partial charge in [-0.2, -0.15) is 0 Å². The predicted molar refractivity (Wildman–Crippen MR) is 61.3 cm³/mol. The van der Waals surface area contributed by atoms with Crippen LogP contribution in [0.15, 0.2) is 24.3 Å². The fourth-order valence-electron chi connectivity index (χ4n) is 1.68. The van der Waals surface area contributed by atoms with Gasteiger partial charge in [0.1, 0.15) is 0 Å². The number of carbonyl (C=O) groups is 1. The van der Waals surface area contributed by atoms with Crippen LogP contribution in [0, 0.1) is 6.07 Å². The van der Waals surface area contributed by atoms with Gasteiger partial charge in [0, 0.05) is 18.8 Å². The molecule has 16 heavy (non-hydrogen) atoms. The second-order valence-electron chi connectivity index (χ2n) is 3.85. The molecule has 1 aromatic rings. The Balaban J connectivity index is 1.93. The molecule has 1 unspecified atom stereocenters. The van der Waals surface area contributed by atoms with Crippen molar-refractivity contribution in [3.8, 4) is 0 Å². The van der Waals surface area contributed by atoms with E-state index in [9.17, 15) is 4.79 Å². The minimum Gasteiger partial charge on any atom is -0.375 e. The van der Waals surface area contributed by atoms with Gasteiger partial charge in [0.25, 0.3) is 0 Å². The molecule has 0 aromatic heterocycles. The number of anilines is 1. The molecule has 1 aliphatic rings. The lowest BCUT2D eigenvalue weighted by Crippen LogP contribution is -2.46. The molecule has 4 heteroatoms. The molecular formula is C12H15N2O2. The number of hydrogen-bond acceptors (Lipinski definition) is 2. The normalized spacial score (nSPS) is 20.6. The summed E-state index contributed by atoms with van der Waals surface area (Å²) in [5, 5.41) is 2.84. The zero-order chi connectivity index (χ0) is 11.4. The molecule has 0 saturated carbocycles. The molecule has 0 aliphatic carbocycles. The molecule has 4 nitrogen and oxygen atoms in total. The van der Waals surface area contributed by atoms with Crippen LogP contribution in [0.25, 0.3) is 0 Å². The highest BCUT2D eigenvalue weighted by Crippen LogP contribution is 2.09. The number of hydrogen-bond donors (Lipinski definition) is 1. The van der Waals surface area contributed by atoms with Crippen LogP contribution >= 0.6 is 0 Å². The van der Waals surface area contributed by atoms with E-state index >= 15 is 0 Å². The molecule has 2 rings (SSSR count). The number of nitrogens with zero attached hydrogens (tertiary/aromatic N) is 1. The third-order valence-corrected chi connectivity index (χ3v) is 2.50. The van der Waals surface area contributed by atoms with Gasteiger partial charge in [0.2, 0.25) is 0 Å². The highest BCUT2D eigenvalue weighted by molar-refractivity contribution is 5.89. The molecule has 1 atom stereocenters. The minimum absolute atomic E-state index is 0.0682. The summed E-state index contributed by atoms with van der Waals surface area (Å²) in [5.74, 6) is 0. The topological polar surface area (TPSA) is 41.6 Å². The highest BCUT2D eigenvalue weighted by Gasteiger charge is 2.21. The number of ether oxygens (including phenoxy) is 1. The third-order valence-electron chi connectivity index (χ3n) is 2.50. The minimum atomic E-state index is -0.0682. The van der Waals surface area contributed by atoms with E-state index in [-0.39, 0.29) is 12.1 Å². The third kappa shape index (κ3) is 2.73. The van der Waals surface area contributed by atoms with Gasteiger partial charge in [-0.15, -0.1) is 0 Å². The number of carbonyl (C=O) groups excluding carboxylic acids is 1. The molecule has 0 bridgehead atoms. The number of urea groups is 1. The van der Waals surface area contributed by atoms with Crippen LogP contribution in [-0.4, -0.2) is 36.7 Å². The summed E-state index contributed by atoms with van der Waals surface area (Å²) in [5.41, 5.74) is 0.794. The van der Waals surface area contributed by atoms with Gasteiger partial charge in [-0.05, 0) is 25.1 Å². The largest absolute Gasteiger partial charge is 0.375 e. The Labute approximate surface area is 95.2 Å². The van der Waals surface area contributed by atoms with Gasteiger partial charge in [-0.1, -0.05) is 12.1 Å². The van der Waals surface area contributed by atoms with Gasteiger partial charge >= 0.3 is 6.03 Å². The summed E-state index contributed by atoms with van der Waals surface area (Å²) in [6.45, 7) is 3.87. The van der Waals surface area contributed by atoms with E-state index in [1.165, 1.54) is 0 Å². The molecule has 1 radical (unpaired) electrons. The zero-order valence-corrected chi connectivity index (χ0v) is 9.27. The molecular weight excluding hydrogens is 204 g/mol. The van der Waals surface area contributed by atoms with Crippen molar-refractivity contribution >= 4 is 11.7 Å². The Hall–Kier alpha value is -1.55. The summed E-state index contributed by atoms with van der Waals surface area (Å²) in [7, 11) is 0. The summed E-state index contributed by atoms with van der Waals surface area (Å²) >= 11 is 0. The first kappa shape index (κ1) is 11.0. The zero-order valence-electron chi connectivity index (χ0n) is 9.27. The Kier molecular flexibility index (Phi) is 3.41. The predicted octanol–water partition coefficient (Wildman–Crippen LogP) is 1.74. The van der Waals surface area contributed by atoms with Crippen LogP contribution in [-0.2, 0) is 4.74 Å². The van der Waals surface area contributed by atoms with Crippen molar-refractivity contribution < 1.29 is 9.53 Å². The quantitative estimate of drug-likeness (QED) is 0.781. The SMILES string of the molecule is CC1CN(C(=O)Nc2cc[c]cc2)CCO1. The van der Waals surface area contributed by atoms with Crippen LogP contribution in [0.5, 0.6) is 0 Å². The lowest BCUT2D eigenvalue weighted by Gasteiger charge is -2.31. The summed E-state index contributed by atoms with van der Waals surface area (Å²) in [4.78, 5) is 13.6.